The Hall–Kier alpha value is -1.43. The van der Waals surface area contributed by atoms with Crippen molar-refractivity contribution in [1.82, 2.24) is 0 Å². The van der Waals surface area contributed by atoms with E-state index in [1.54, 1.807) is 18.4 Å². The maximum atomic E-state index is 12.2. The van der Waals surface area contributed by atoms with Gasteiger partial charge in [-0.3, -0.25) is 4.79 Å². The fourth-order valence-electron chi connectivity index (χ4n) is 3.31. The second-order valence-corrected chi connectivity index (χ2v) is 7.84. The number of thiophene rings is 1. The molecule has 1 aliphatic rings. The highest BCUT2D eigenvalue weighted by Crippen LogP contribution is 2.33. The van der Waals surface area contributed by atoms with Crippen LogP contribution in [0.25, 0.3) is 10.1 Å². The summed E-state index contributed by atoms with van der Waals surface area (Å²) in [6.07, 6.45) is 6.60. The van der Waals surface area contributed by atoms with Gasteiger partial charge in [-0.15, -0.1) is 11.3 Å². The second-order valence-electron chi connectivity index (χ2n) is 6.76. The standard InChI is InChI=1S/C21H28O4S/c1-3-7-17(22)20-13-16-12-15(18(23-2)14-19(16)26-20)8-6-11-25-21-9-4-5-10-24-21/h12-14,21H,3-11H2,1-2H3. The number of ketones is 1. The van der Waals surface area contributed by atoms with E-state index in [1.807, 2.05) is 13.0 Å². The zero-order valence-corrected chi connectivity index (χ0v) is 16.5. The van der Waals surface area contributed by atoms with Crippen molar-refractivity contribution >= 4 is 27.2 Å². The monoisotopic (exact) mass is 376 g/mol. The molecule has 0 radical (unpaired) electrons. The normalized spacial score (nSPS) is 17.5. The van der Waals surface area contributed by atoms with Gasteiger partial charge >= 0.3 is 0 Å². The number of hydrogen-bond donors (Lipinski definition) is 0. The number of rotatable bonds is 9. The molecule has 3 rings (SSSR count). The minimum atomic E-state index is -0.0304. The number of aryl methyl sites for hydroxylation is 1. The molecule has 26 heavy (non-hydrogen) atoms. The molecule has 142 valence electrons. The lowest BCUT2D eigenvalue weighted by atomic mass is 10.1. The van der Waals surface area contributed by atoms with Gasteiger partial charge in [0.25, 0.3) is 0 Å². The van der Waals surface area contributed by atoms with Crippen molar-refractivity contribution in [3.63, 3.8) is 0 Å². The Morgan fingerprint density at radius 3 is 2.92 bits per heavy atom. The van der Waals surface area contributed by atoms with Crippen LogP contribution in [0.2, 0.25) is 0 Å². The van der Waals surface area contributed by atoms with Gasteiger partial charge in [-0.2, -0.15) is 0 Å². The van der Waals surface area contributed by atoms with Crippen molar-refractivity contribution < 1.29 is 19.0 Å². The number of Topliss-reactive ketones (excluding diaryl/α,β-unsaturated/α-hetero) is 1. The first-order valence-corrected chi connectivity index (χ1v) is 10.4. The highest BCUT2D eigenvalue weighted by Gasteiger charge is 2.15. The fourth-order valence-corrected chi connectivity index (χ4v) is 4.35. The van der Waals surface area contributed by atoms with Gasteiger partial charge in [0.1, 0.15) is 5.75 Å². The zero-order chi connectivity index (χ0) is 18.4. The van der Waals surface area contributed by atoms with Crippen molar-refractivity contribution in [3.05, 3.63) is 28.6 Å². The van der Waals surface area contributed by atoms with Crippen LogP contribution in [0.4, 0.5) is 0 Å². The molecule has 0 spiro atoms. The Kier molecular flexibility index (Phi) is 7.06. The third-order valence-corrected chi connectivity index (χ3v) is 5.84. The quantitative estimate of drug-likeness (QED) is 0.436. The van der Waals surface area contributed by atoms with E-state index >= 15 is 0 Å². The van der Waals surface area contributed by atoms with E-state index in [-0.39, 0.29) is 12.1 Å². The SMILES string of the molecule is CCCC(=O)c1cc2cc(CCCOC3CCCCO3)c(OC)cc2s1. The Bertz CT molecular complexity index is 731. The van der Waals surface area contributed by atoms with Gasteiger partial charge in [-0.1, -0.05) is 6.92 Å². The Balaban J connectivity index is 1.63. The molecule has 0 aliphatic carbocycles. The molecule has 0 N–H and O–H groups in total. The molecular weight excluding hydrogens is 348 g/mol. The van der Waals surface area contributed by atoms with Crippen LogP contribution in [0, 0.1) is 0 Å². The van der Waals surface area contributed by atoms with Gasteiger partial charge < -0.3 is 14.2 Å². The summed E-state index contributed by atoms with van der Waals surface area (Å²) in [5.74, 6) is 1.12. The first kappa shape index (κ1) is 19.3. The lowest BCUT2D eigenvalue weighted by Gasteiger charge is -2.22. The van der Waals surface area contributed by atoms with Gasteiger partial charge in [0.15, 0.2) is 12.1 Å². The first-order chi connectivity index (χ1) is 12.7. The third-order valence-electron chi connectivity index (χ3n) is 4.70. The molecule has 0 saturated carbocycles. The molecule has 1 unspecified atom stereocenters. The van der Waals surface area contributed by atoms with Crippen molar-refractivity contribution in [2.24, 2.45) is 0 Å². The predicted molar refractivity (Wildman–Crippen MR) is 105 cm³/mol. The molecule has 1 aromatic carbocycles. The highest BCUT2D eigenvalue weighted by atomic mass is 32.1. The van der Waals surface area contributed by atoms with Crippen LogP contribution in [-0.2, 0) is 15.9 Å². The average molecular weight is 377 g/mol. The van der Waals surface area contributed by atoms with E-state index in [4.69, 9.17) is 14.2 Å². The molecule has 0 amide bonds. The van der Waals surface area contributed by atoms with E-state index < -0.39 is 0 Å². The van der Waals surface area contributed by atoms with Gasteiger partial charge in [0.05, 0.1) is 18.6 Å². The zero-order valence-electron chi connectivity index (χ0n) is 15.7. The summed E-state index contributed by atoms with van der Waals surface area (Å²) in [7, 11) is 1.70. The predicted octanol–water partition coefficient (Wildman–Crippen LogP) is 5.37. The molecule has 1 aromatic heterocycles. The van der Waals surface area contributed by atoms with Crippen molar-refractivity contribution in [3.8, 4) is 5.75 Å². The molecule has 1 atom stereocenters. The van der Waals surface area contributed by atoms with E-state index in [0.717, 1.165) is 59.4 Å². The summed E-state index contributed by atoms with van der Waals surface area (Å²) >= 11 is 1.56. The average Bonchev–Trinajstić information content (AvgIpc) is 3.08. The van der Waals surface area contributed by atoms with Crippen molar-refractivity contribution in [2.45, 2.75) is 58.2 Å². The van der Waals surface area contributed by atoms with E-state index in [0.29, 0.717) is 13.0 Å². The minimum Gasteiger partial charge on any atom is -0.496 e. The molecule has 1 fully saturated rings. The highest BCUT2D eigenvalue weighted by molar-refractivity contribution is 7.20. The maximum Gasteiger partial charge on any atom is 0.172 e. The van der Waals surface area contributed by atoms with Crippen LogP contribution in [0.15, 0.2) is 18.2 Å². The van der Waals surface area contributed by atoms with Crippen LogP contribution in [0.5, 0.6) is 5.75 Å². The van der Waals surface area contributed by atoms with Gasteiger partial charge in [-0.05, 0) is 67.7 Å². The number of hydrogen-bond acceptors (Lipinski definition) is 5. The maximum absolute atomic E-state index is 12.2. The number of carbonyl (C=O) groups excluding carboxylic acids is 1. The van der Waals surface area contributed by atoms with Gasteiger partial charge in [0, 0.05) is 17.7 Å². The molecule has 1 saturated heterocycles. The topological polar surface area (TPSA) is 44.8 Å². The van der Waals surface area contributed by atoms with E-state index in [2.05, 4.69) is 12.1 Å². The van der Waals surface area contributed by atoms with Crippen LogP contribution in [-0.4, -0.2) is 32.4 Å². The smallest absolute Gasteiger partial charge is 0.172 e. The Morgan fingerprint density at radius 1 is 1.31 bits per heavy atom. The summed E-state index contributed by atoms with van der Waals surface area (Å²) in [5, 5.41) is 1.13. The number of benzene rings is 1. The fraction of sp³-hybridized carbons (Fsp3) is 0.571. The molecule has 0 bridgehead atoms. The van der Waals surface area contributed by atoms with Crippen LogP contribution >= 0.6 is 11.3 Å². The van der Waals surface area contributed by atoms with Crippen molar-refractivity contribution in [1.29, 1.82) is 0 Å². The molecule has 5 heteroatoms. The summed E-state index contributed by atoms with van der Waals surface area (Å²) in [6.45, 7) is 3.54. The van der Waals surface area contributed by atoms with Gasteiger partial charge in [0.2, 0.25) is 0 Å². The molecule has 2 heterocycles. The first-order valence-electron chi connectivity index (χ1n) is 9.58. The largest absolute Gasteiger partial charge is 0.496 e. The van der Waals surface area contributed by atoms with Crippen LogP contribution < -0.4 is 4.74 Å². The van der Waals surface area contributed by atoms with Crippen LogP contribution in [0.3, 0.4) is 0 Å². The Labute approximate surface area is 159 Å². The second kappa shape index (κ2) is 9.49. The summed E-state index contributed by atoms with van der Waals surface area (Å²) in [6, 6.07) is 6.24. The van der Waals surface area contributed by atoms with Gasteiger partial charge in [-0.25, -0.2) is 0 Å². The summed E-state index contributed by atoms with van der Waals surface area (Å²) < 4.78 is 18.1. The van der Waals surface area contributed by atoms with E-state index in [9.17, 15) is 4.79 Å². The molecule has 2 aromatic rings. The summed E-state index contributed by atoms with van der Waals surface area (Å²) in [5.41, 5.74) is 1.17. The number of methoxy groups -OCH3 is 1. The van der Waals surface area contributed by atoms with E-state index in [1.165, 1.54) is 12.0 Å². The van der Waals surface area contributed by atoms with Crippen LogP contribution in [0.1, 0.15) is 60.7 Å². The minimum absolute atomic E-state index is 0.0304. The number of carbonyl (C=O) groups is 1. The number of ether oxygens (including phenoxy) is 3. The molecular formula is C21H28O4S. The number of fused-ring (bicyclic) bond motifs is 1. The molecule has 4 nitrogen and oxygen atoms in total. The summed E-state index contributed by atoms with van der Waals surface area (Å²) in [4.78, 5) is 13.0. The Morgan fingerprint density at radius 2 is 2.19 bits per heavy atom. The van der Waals surface area contributed by atoms with Crippen molar-refractivity contribution in [2.75, 3.05) is 20.3 Å². The lowest BCUT2D eigenvalue weighted by Crippen LogP contribution is -2.22. The third kappa shape index (κ3) is 4.84. The lowest BCUT2D eigenvalue weighted by molar-refractivity contribution is -0.162. The molecule has 1 aliphatic heterocycles.